The molecule has 7 heteroatoms. The van der Waals surface area contributed by atoms with Crippen molar-refractivity contribution in [3.8, 4) is 0 Å². The first-order valence-corrected chi connectivity index (χ1v) is 10.0. The molecule has 0 atom stereocenters. The summed E-state index contributed by atoms with van der Waals surface area (Å²) in [4.78, 5) is 9.50. The zero-order valence-electron chi connectivity index (χ0n) is 15.6. The molecular formula is C21H22N6S. The van der Waals surface area contributed by atoms with Crippen molar-refractivity contribution in [2.45, 2.75) is 13.2 Å². The van der Waals surface area contributed by atoms with Gasteiger partial charge in [0, 0.05) is 50.5 Å². The molecule has 3 aromatic heterocycles. The van der Waals surface area contributed by atoms with Gasteiger partial charge in [0.1, 0.15) is 0 Å². The van der Waals surface area contributed by atoms with E-state index in [1.165, 1.54) is 10.9 Å². The van der Waals surface area contributed by atoms with Crippen molar-refractivity contribution in [3.05, 3.63) is 71.3 Å². The number of benzene rings is 1. The normalized spacial score (nSPS) is 16.1. The molecular weight excluding hydrogens is 368 g/mol. The fourth-order valence-electron chi connectivity index (χ4n) is 3.87. The molecule has 6 nitrogen and oxygen atoms in total. The summed E-state index contributed by atoms with van der Waals surface area (Å²) in [5.74, 6) is 0. The van der Waals surface area contributed by atoms with Crippen LogP contribution in [0, 0.1) is 4.77 Å². The minimum atomic E-state index is 0.740. The Bertz CT molecular complexity index is 1170. The van der Waals surface area contributed by atoms with Crippen molar-refractivity contribution < 1.29 is 0 Å². The zero-order chi connectivity index (χ0) is 18.9. The van der Waals surface area contributed by atoms with Crippen LogP contribution in [0.1, 0.15) is 5.56 Å². The van der Waals surface area contributed by atoms with Crippen LogP contribution in [0.15, 0.2) is 60.9 Å². The summed E-state index contributed by atoms with van der Waals surface area (Å²) in [6, 6.07) is 16.5. The summed E-state index contributed by atoms with van der Waals surface area (Å²) in [6.45, 7) is 5.76. The van der Waals surface area contributed by atoms with E-state index in [0.29, 0.717) is 0 Å². The molecule has 0 N–H and O–H groups in total. The first-order chi connectivity index (χ1) is 13.8. The molecule has 0 unspecified atom stereocenters. The SMILES string of the molecule is S=c1n(CN2CCN(Cc3cccc4cccnc34)CC2)nc2ccccn12. The Labute approximate surface area is 168 Å². The molecule has 0 radical (unpaired) electrons. The van der Waals surface area contributed by atoms with Gasteiger partial charge in [-0.1, -0.05) is 30.3 Å². The van der Waals surface area contributed by atoms with E-state index in [1.807, 2.05) is 45.7 Å². The topological polar surface area (TPSA) is 41.6 Å². The van der Waals surface area contributed by atoms with Crippen molar-refractivity contribution in [2.75, 3.05) is 26.2 Å². The smallest absolute Gasteiger partial charge is 0.203 e. The van der Waals surface area contributed by atoms with Crippen molar-refractivity contribution in [1.82, 2.24) is 29.0 Å². The molecule has 0 aliphatic carbocycles. The molecule has 4 heterocycles. The third-order valence-electron chi connectivity index (χ3n) is 5.40. The maximum Gasteiger partial charge on any atom is 0.203 e. The summed E-state index contributed by atoms with van der Waals surface area (Å²) in [7, 11) is 0. The molecule has 0 amide bonds. The van der Waals surface area contributed by atoms with Crippen molar-refractivity contribution in [1.29, 1.82) is 0 Å². The maximum atomic E-state index is 5.57. The van der Waals surface area contributed by atoms with Crippen LogP contribution in [-0.4, -0.2) is 55.1 Å². The number of piperazine rings is 1. The number of hydrogen-bond donors (Lipinski definition) is 0. The lowest BCUT2D eigenvalue weighted by Gasteiger charge is -2.34. The molecule has 1 fully saturated rings. The average Bonchev–Trinajstić information content (AvgIpc) is 3.05. The monoisotopic (exact) mass is 390 g/mol. The van der Waals surface area contributed by atoms with Gasteiger partial charge >= 0.3 is 0 Å². The zero-order valence-corrected chi connectivity index (χ0v) is 16.4. The first kappa shape index (κ1) is 17.5. The van der Waals surface area contributed by atoms with Crippen LogP contribution in [0.3, 0.4) is 0 Å². The molecule has 1 saturated heterocycles. The largest absolute Gasteiger partial charge is 0.296 e. The Morgan fingerprint density at radius 3 is 2.57 bits per heavy atom. The van der Waals surface area contributed by atoms with E-state index in [4.69, 9.17) is 12.2 Å². The number of hydrogen-bond acceptors (Lipinski definition) is 5. The Balaban J connectivity index is 1.25. The summed E-state index contributed by atoms with van der Waals surface area (Å²) in [5, 5.41) is 5.85. The van der Waals surface area contributed by atoms with Gasteiger partial charge in [-0.2, -0.15) is 5.10 Å². The second kappa shape index (κ2) is 7.43. The molecule has 28 heavy (non-hydrogen) atoms. The summed E-state index contributed by atoms with van der Waals surface area (Å²) in [6.07, 6.45) is 3.85. The van der Waals surface area contributed by atoms with Gasteiger partial charge in [0.25, 0.3) is 0 Å². The number of nitrogens with zero attached hydrogens (tertiary/aromatic N) is 6. The van der Waals surface area contributed by atoms with Crippen LogP contribution in [0.5, 0.6) is 0 Å². The highest BCUT2D eigenvalue weighted by molar-refractivity contribution is 7.71. The van der Waals surface area contributed by atoms with Crippen LogP contribution in [0.2, 0.25) is 0 Å². The summed E-state index contributed by atoms with van der Waals surface area (Å²) in [5.41, 5.74) is 3.31. The Hall–Kier alpha value is -2.61. The van der Waals surface area contributed by atoms with Crippen molar-refractivity contribution >= 4 is 28.8 Å². The Morgan fingerprint density at radius 2 is 1.71 bits per heavy atom. The van der Waals surface area contributed by atoms with Gasteiger partial charge in [0.05, 0.1) is 12.2 Å². The molecule has 4 aromatic rings. The predicted molar refractivity (Wildman–Crippen MR) is 113 cm³/mol. The van der Waals surface area contributed by atoms with Crippen molar-refractivity contribution in [3.63, 3.8) is 0 Å². The number of pyridine rings is 2. The lowest BCUT2D eigenvalue weighted by atomic mass is 10.1. The van der Waals surface area contributed by atoms with Gasteiger partial charge < -0.3 is 0 Å². The van der Waals surface area contributed by atoms with Gasteiger partial charge in [-0.15, -0.1) is 0 Å². The van der Waals surface area contributed by atoms with E-state index < -0.39 is 0 Å². The lowest BCUT2D eigenvalue weighted by molar-refractivity contribution is 0.0985. The van der Waals surface area contributed by atoms with E-state index in [-0.39, 0.29) is 0 Å². The van der Waals surface area contributed by atoms with Gasteiger partial charge in [-0.25, -0.2) is 4.68 Å². The van der Waals surface area contributed by atoms with Crippen LogP contribution in [0.4, 0.5) is 0 Å². The van der Waals surface area contributed by atoms with Crippen LogP contribution >= 0.6 is 12.2 Å². The van der Waals surface area contributed by atoms with E-state index >= 15 is 0 Å². The average molecular weight is 391 g/mol. The van der Waals surface area contributed by atoms with Gasteiger partial charge in [0.2, 0.25) is 4.77 Å². The molecule has 1 aliphatic heterocycles. The van der Waals surface area contributed by atoms with Gasteiger partial charge in [-0.3, -0.25) is 19.2 Å². The van der Waals surface area contributed by atoms with Gasteiger partial charge in [-0.05, 0) is 36.0 Å². The molecule has 5 rings (SSSR count). The maximum absolute atomic E-state index is 5.57. The molecule has 142 valence electrons. The minimum absolute atomic E-state index is 0.740. The van der Waals surface area contributed by atoms with Crippen molar-refractivity contribution in [2.24, 2.45) is 0 Å². The third-order valence-corrected chi connectivity index (χ3v) is 5.80. The molecule has 1 aliphatic rings. The standard InChI is InChI=1S/C21H22N6S/c28-21-26-10-2-1-8-19(26)23-27(21)16-25-13-11-24(12-14-25)15-18-6-3-5-17-7-4-9-22-20(17)18/h1-10H,11-16H2. The van der Waals surface area contributed by atoms with E-state index in [2.05, 4.69) is 44.1 Å². The Morgan fingerprint density at radius 1 is 0.893 bits per heavy atom. The minimum Gasteiger partial charge on any atom is -0.296 e. The second-order valence-electron chi connectivity index (χ2n) is 7.24. The highest BCUT2D eigenvalue weighted by Crippen LogP contribution is 2.18. The lowest BCUT2D eigenvalue weighted by Crippen LogP contribution is -2.46. The highest BCUT2D eigenvalue weighted by atomic mass is 32.1. The quantitative estimate of drug-likeness (QED) is 0.501. The van der Waals surface area contributed by atoms with Crippen LogP contribution in [0.25, 0.3) is 16.6 Å². The van der Waals surface area contributed by atoms with Gasteiger partial charge in [0.15, 0.2) is 5.65 Å². The Kier molecular flexibility index (Phi) is 4.64. The molecule has 0 spiro atoms. The second-order valence-corrected chi connectivity index (χ2v) is 7.60. The molecule has 0 bridgehead atoms. The fraction of sp³-hybridized carbons (Fsp3) is 0.286. The summed E-state index contributed by atoms with van der Waals surface area (Å²) < 4.78 is 4.63. The van der Waals surface area contributed by atoms with Crippen LogP contribution in [-0.2, 0) is 13.2 Å². The van der Waals surface area contributed by atoms with E-state index in [0.717, 1.165) is 55.3 Å². The fourth-order valence-corrected chi connectivity index (χ4v) is 4.13. The number of para-hydroxylation sites is 1. The summed E-state index contributed by atoms with van der Waals surface area (Å²) >= 11 is 5.57. The van der Waals surface area contributed by atoms with E-state index in [1.54, 1.807) is 0 Å². The third kappa shape index (κ3) is 3.32. The highest BCUT2D eigenvalue weighted by Gasteiger charge is 2.19. The molecule has 1 aromatic carbocycles. The number of fused-ring (bicyclic) bond motifs is 2. The van der Waals surface area contributed by atoms with Crippen LogP contribution < -0.4 is 0 Å². The predicted octanol–water partition coefficient (Wildman–Crippen LogP) is 3.19. The van der Waals surface area contributed by atoms with E-state index in [9.17, 15) is 0 Å². The number of aromatic nitrogens is 4. The number of rotatable bonds is 4. The molecule has 0 saturated carbocycles. The first-order valence-electron chi connectivity index (χ1n) is 9.59.